The van der Waals surface area contributed by atoms with E-state index in [9.17, 15) is 14.4 Å². The van der Waals surface area contributed by atoms with Crippen molar-refractivity contribution in [1.29, 1.82) is 0 Å². The molecule has 0 saturated carbocycles. The molecule has 1 amide bonds. The highest BCUT2D eigenvalue weighted by molar-refractivity contribution is 7.99. The molecule has 0 aliphatic carbocycles. The number of aromatic nitrogens is 2. The van der Waals surface area contributed by atoms with E-state index in [2.05, 4.69) is 15.3 Å². The lowest BCUT2D eigenvalue weighted by atomic mass is 10.2. The van der Waals surface area contributed by atoms with Gasteiger partial charge in [-0.2, -0.15) is 11.8 Å². The maximum atomic E-state index is 12.3. The molecule has 1 aliphatic heterocycles. The number of hydrogen-bond acceptors (Lipinski definition) is 7. The van der Waals surface area contributed by atoms with Gasteiger partial charge in [0.2, 0.25) is 5.91 Å². The SMILES string of the molecule is CCCCOC(=O)c1ccccc1NC(=O)CSc1nc2c(c(=O)[nH]1)CSC2. The molecule has 2 N–H and O–H groups in total. The summed E-state index contributed by atoms with van der Waals surface area (Å²) in [7, 11) is 0. The Morgan fingerprint density at radius 3 is 2.96 bits per heavy atom. The van der Waals surface area contributed by atoms with E-state index in [1.165, 1.54) is 0 Å². The van der Waals surface area contributed by atoms with Gasteiger partial charge in [-0.15, -0.1) is 0 Å². The number of fused-ring (bicyclic) bond motifs is 1. The van der Waals surface area contributed by atoms with Gasteiger partial charge < -0.3 is 15.0 Å². The van der Waals surface area contributed by atoms with E-state index in [0.29, 0.717) is 40.1 Å². The van der Waals surface area contributed by atoms with Crippen molar-refractivity contribution in [2.75, 3.05) is 17.7 Å². The number of carbonyl (C=O) groups excluding carboxylic acids is 2. The summed E-state index contributed by atoms with van der Waals surface area (Å²) in [5.74, 6) is 0.699. The van der Waals surface area contributed by atoms with Crippen molar-refractivity contribution < 1.29 is 14.3 Å². The van der Waals surface area contributed by atoms with E-state index in [1.807, 2.05) is 6.92 Å². The number of esters is 1. The fourth-order valence-corrected chi connectivity index (χ4v) is 4.30. The van der Waals surface area contributed by atoms with Crippen LogP contribution in [0.1, 0.15) is 41.4 Å². The average Bonchev–Trinajstić information content (AvgIpc) is 3.16. The molecule has 1 aromatic heterocycles. The van der Waals surface area contributed by atoms with Crippen molar-refractivity contribution in [3.8, 4) is 0 Å². The second-order valence-electron chi connectivity index (χ2n) is 6.16. The Hall–Kier alpha value is -2.26. The number of ether oxygens (including phenoxy) is 1. The Balaban J connectivity index is 1.60. The summed E-state index contributed by atoms with van der Waals surface area (Å²) in [6.45, 7) is 2.37. The molecule has 7 nitrogen and oxygen atoms in total. The van der Waals surface area contributed by atoms with Gasteiger partial charge in [-0.25, -0.2) is 9.78 Å². The number of anilines is 1. The van der Waals surface area contributed by atoms with Crippen molar-refractivity contribution in [3.63, 3.8) is 0 Å². The van der Waals surface area contributed by atoms with E-state index in [4.69, 9.17) is 4.74 Å². The molecule has 1 aliphatic rings. The van der Waals surface area contributed by atoms with Crippen LogP contribution in [-0.4, -0.2) is 34.2 Å². The number of carbonyl (C=O) groups is 2. The van der Waals surface area contributed by atoms with Crippen LogP contribution in [0.5, 0.6) is 0 Å². The topological polar surface area (TPSA) is 101 Å². The Morgan fingerprint density at radius 1 is 1.32 bits per heavy atom. The molecule has 0 spiro atoms. The molecule has 0 fully saturated rings. The van der Waals surface area contributed by atoms with Crippen LogP contribution < -0.4 is 10.9 Å². The number of rotatable bonds is 8. The summed E-state index contributed by atoms with van der Waals surface area (Å²) < 4.78 is 5.23. The molecule has 0 radical (unpaired) electrons. The molecule has 28 heavy (non-hydrogen) atoms. The number of benzene rings is 1. The summed E-state index contributed by atoms with van der Waals surface area (Å²) in [6, 6.07) is 6.74. The van der Waals surface area contributed by atoms with Gasteiger partial charge >= 0.3 is 5.97 Å². The molecule has 148 valence electrons. The van der Waals surface area contributed by atoms with Gasteiger partial charge in [-0.05, 0) is 18.6 Å². The molecule has 2 heterocycles. The Labute approximate surface area is 171 Å². The molecule has 0 atom stereocenters. The smallest absolute Gasteiger partial charge is 0.340 e. The highest BCUT2D eigenvalue weighted by Gasteiger charge is 2.19. The van der Waals surface area contributed by atoms with Gasteiger partial charge in [-0.1, -0.05) is 37.2 Å². The lowest BCUT2D eigenvalue weighted by Gasteiger charge is -2.11. The molecule has 9 heteroatoms. The van der Waals surface area contributed by atoms with Gasteiger partial charge in [-0.3, -0.25) is 9.59 Å². The van der Waals surface area contributed by atoms with Crippen LogP contribution in [0.15, 0.2) is 34.2 Å². The van der Waals surface area contributed by atoms with Crippen molar-refractivity contribution in [1.82, 2.24) is 9.97 Å². The second kappa shape index (κ2) is 9.79. The Bertz CT molecular complexity index is 930. The van der Waals surface area contributed by atoms with E-state index >= 15 is 0 Å². The third-order valence-corrected chi connectivity index (χ3v) is 5.90. The Morgan fingerprint density at radius 2 is 2.14 bits per heavy atom. The van der Waals surface area contributed by atoms with Gasteiger partial charge in [0.15, 0.2) is 5.16 Å². The van der Waals surface area contributed by atoms with Crippen LogP contribution in [0.4, 0.5) is 5.69 Å². The number of hydrogen-bond donors (Lipinski definition) is 2. The molecular formula is C19H21N3O4S2. The monoisotopic (exact) mass is 419 g/mol. The Kier molecular flexibility index (Phi) is 7.16. The molecule has 2 aromatic rings. The third kappa shape index (κ3) is 5.17. The zero-order chi connectivity index (χ0) is 19.9. The van der Waals surface area contributed by atoms with Crippen LogP contribution in [-0.2, 0) is 21.0 Å². The maximum absolute atomic E-state index is 12.3. The van der Waals surface area contributed by atoms with Crippen molar-refractivity contribution in [2.24, 2.45) is 0 Å². The number of nitrogens with zero attached hydrogens (tertiary/aromatic N) is 1. The fourth-order valence-electron chi connectivity index (χ4n) is 2.59. The molecule has 3 rings (SSSR count). The first-order valence-corrected chi connectivity index (χ1v) is 11.1. The highest BCUT2D eigenvalue weighted by Crippen LogP contribution is 2.26. The average molecular weight is 420 g/mol. The van der Waals surface area contributed by atoms with E-state index in [0.717, 1.165) is 30.3 Å². The summed E-state index contributed by atoms with van der Waals surface area (Å²) in [5, 5.41) is 3.16. The number of amides is 1. The number of aromatic amines is 1. The minimum absolute atomic E-state index is 0.0636. The van der Waals surface area contributed by atoms with Gasteiger partial charge in [0.25, 0.3) is 5.56 Å². The van der Waals surface area contributed by atoms with Gasteiger partial charge in [0.05, 0.1) is 29.3 Å². The summed E-state index contributed by atoms with van der Waals surface area (Å²) >= 11 is 2.80. The van der Waals surface area contributed by atoms with Gasteiger partial charge in [0, 0.05) is 17.1 Å². The normalized spacial score (nSPS) is 12.5. The lowest BCUT2D eigenvalue weighted by Crippen LogP contribution is -2.19. The first-order valence-electron chi connectivity index (χ1n) is 8.97. The zero-order valence-electron chi connectivity index (χ0n) is 15.4. The summed E-state index contributed by atoms with van der Waals surface area (Å²) in [6.07, 6.45) is 1.72. The summed E-state index contributed by atoms with van der Waals surface area (Å²) in [4.78, 5) is 43.7. The highest BCUT2D eigenvalue weighted by atomic mass is 32.2. The number of unbranched alkanes of at least 4 members (excludes halogenated alkanes) is 1. The standard InChI is InChI=1S/C19H21N3O4S2/c1-2-3-8-26-18(25)12-6-4-5-7-14(12)20-16(23)11-28-19-21-15-10-27-9-13(15)17(24)22-19/h4-7H,2-3,8-11H2,1H3,(H,20,23)(H,21,22,24). The predicted octanol–water partition coefficient (Wildman–Crippen LogP) is 3.20. The summed E-state index contributed by atoms with van der Waals surface area (Å²) in [5.41, 5.74) is 2.09. The van der Waals surface area contributed by atoms with Crippen LogP contribution in [0.2, 0.25) is 0 Å². The lowest BCUT2D eigenvalue weighted by molar-refractivity contribution is -0.113. The number of para-hydroxylation sites is 1. The predicted molar refractivity (Wildman–Crippen MR) is 111 cm³/mol. The van der Waals surface area contributed by atoms with Crippen molar-refractivity contribution >= 4 is 41.1 Å². The number of H-pyrrole nitrogens is 1. The first-order chi connectivity index (χ1) is 13.6. The minimum Gasteiger partial charge on any atom is -0.462 e. The quantitative estimate of drug-likeness (QED) is 0.293. The molecular weight excluding hydrogens is 398 g/mol. The molecule has 0 saturated heterocycles. The fraction of sp³-hybridized carbons (Fsp3) is 0.368. The minimum atomic E-state index is -0.459. The third-order valence-electron chi connectivity index (χ3n) is 4.06. The van der Waals surface area contributed by atoms with E-state index in [-0.39, 0.29) is 17.2 Å². The number of thioether (sulfide) groups is 2. The maximum Gasteiger partial charge on any atom is 0.340 e. The molecule has 0 bridgehead atoms. The second-order valence-corrected chi connectivity index (χ2v) is 8.11. The van der Waals surface area contributed by atoms with E-state index < -0.39 is 5.97 Å². The van der Waals surface area contributed by atoms with Crippen LogP contribution in [0.3, 0.4) is 0 Å². The van der Waals surface area contributed by atoms with Crippen molar-refractivity contribution in [2.45, 2.75) is 36.4 Å². The van der Waals surface area contributed by atoms with Crippen LogP contribution in [0.25, 0.3) is 0 Å². The van der Waals surface area contributed by atoms with Crippen molar-refractivity contribution in [3.05, 3.63) is 51.4 Å². The zero-order valence-corrected chi connectivity index (χ0v) is 17.1. The molecule has 0 unspecified atom stereocenters. The van der Waals surface area contributed by atoms with Gasteiger partial charge in [0.1, 0.15) is 0 Å². The van der Waals surface area contributed by atoms with Crippen LogP contribution in [0, 0.1) is 0 Å². The first kappa shape index (κ1) is 20.5. The van der Waals surface area contributed by atoms with Crippen LogP contribution >= 0.6 is 23.5 Å². The number of nitrogens with one attached hydrogen (secondary N) is 2. The molecule has 1 aromatic carbocycles. The largest absolute Gasteiger partial charge is 0.462 e. The van der Waals surface area contributed by atoms with E-state index in [1.54, 1.807) is 36.0 Å².